The van der Waals surface area contributed by atoms with Crippen LogP contribution in [-0.2, 0) is 0 Å². The number of pyridine rings is 1. The molecular formula is C12H9Br2NO. The summed E-state index contributed by atoms with van der Waals surface area (Å²) in [6, 6.07) is 9.78. The summed E-state index contributed by atoms with van der Waals surface area (Å²) in [6.45, 7) is 0. The molecule has 0 aliphatic rings. The Kier molecular flexibility index (Phi) is 3.61. The molecule has 0 atom stereocenters. The van der Waals surface area contributed by atoms with Gasteiger partial charge < -0.3 is 4.74 Å². The number of rotatable bonds is 2. The predicted molar refractivity (Wildman–Crippen MR) is 71.6 cm³/mol. The Balaban J connectivity index is 2.58. The molecule has 0 fully saturated rings. The quantitative estimate of drug-likeness (QED) is 0.812. The fourth-order valence-electron chi connectivity index (χ4n) is 1.45. The van der Waals surface area contributed by atoms with Crippen LogP contribution in [0.25, 0.3) is 11.3 Å². The largest absolute Gasteiger partial charge is 0.496 e. The molecule has 1 aromatic carbocycles. The molecule has 0 saturated heterocycles. The minimum atomic E-state index is 0.818. The van der Waals surface area contributed by atoms with E-state index >= 15 is 0 Å². The van der Waals surface area contributed by atoms with Crippen LogP contribution in [0.5, 0.6) is 5.75 Å². The van der Waals surface area contributed by atoms with Crippen molar-refractivity contribution in [3.05, 3.63) is 45.5 Å². The van der Waals surface area contributed by atoms with E-state index in [1.54, 1.807) is 13.3 Å². The monoisotopic (exact) mass is 341 g/mol. The highest BCUT2D eigenvalue weighted by atomic mass is 79.9. The fraction of sp³-hybridized carbons (Fsp3) is 0.0833. The zero-order chi connectivity index (χ0) is 11.5. The van der Waals surface area contributed by atoms with Gasteiger partial charge in [0.1, 0.15) is 5.75 Å². The van der Waals surface area contributed by atoms with E-state index in [9.17, 15) is 0 Å². The van der Waals surface area contributed by atoms with Crippen molar-refractivity contribution in [3.63, 3.8) is 0 Å². The Labute approximate surface area is 111 Å². The highest BCUT2D eigenvalue weighted by molar-refractivity contribution is 9.11. The van der Waals surface area contributed by atoms with Gasteiger partial charge in [-0.25, -0.2) is 0 Å². The standard InChI is InChI=1S/C12H9Br2NO/c1-16-11-5-3-2-4-9(11)12-10(14)6-8(13)7-15-12/h2-7H,1H3. The molecule has 0 unspecified atom stereocenters. The summed E-state index contributed by atoms with van der Waals surface area (Å²) in [5.41, 5.74) is 1.85. The molecule has 1 aromatic heterocycles. The predicted octanol–water partition coefficient (Wildman–Crippen LogP) is 4.28. The zero-order valence-corrected chi connectivity index (χ0v) is 11.7. The van der Waals surface area contributed by atoms with Gasteiger partial charge in [0.15, 0.2) is 0 Å². The Morgan fingerprint density at radius 1 is 1.19 bits per heavy atom. The van der Waals surface area contributed by atoms with E-state index in [-0.39, 0.29) is 0 Å². The van der Waals surface area contributed by atoms with Crippen molar-refractivity contribution in [2.24, 2.45) is 0 Å². The summed E-state index contributed by atoms with van der Waals surface area (Å²) in [7, 11) is 1.66. The number of hydrogen-bond donors (Lipinski definition) is 0. The normalized spacial score (nSPS) is 10.2. The maximum Gasteiger partial charge on any atom is 0.128 e. The number of ether oxygens (including phenoxy) is 1. The van der Waals surface area contributed by atoms with Gasteiger partial charge in [-0.2, -0.15) is 0 Å². The lowest BCUT2D eigenvalue weighted by Gasteiger charge is -2.09. The maximum absolute atomic E-state index is 5.31. The van der Waals surface area contributed by atoms with Crippen LogP contribution in [0, 0.1) is 0 Å². The van der Waals surface area contributed by atoms with Crippen LogP contribution in [0.4, 0.5) is 0 Å². The van der Waals surface area contributed by atoms with Gasteiger partial charge in [-0.3, -0.25) is 4.98 Å². The molecule has 2 aromatic rings. The van der Waals surface area contributed by atoms with Gasteiger partial charge in [0.25, 0.3) is 0 Å². The number of hydrogen-bond acceptors (Lipinski definition) is 2. The van der Waals surface area contributed by atoms with Crippen molar-refractivity contribution in [1.82, 2.24) is 4.98 Å². The summed E-state index contributed by atoms with van der Waals surface area (Å²) >= 11 is 6.88. The smallest absolute Gasteiger partial charge is 0.128 e. The average Bonchev–Trinajstić information content (AvgIpc) is 2.29. The molecule has 0 amide bonds. The molecule has 4 heteroatoms. The van der Waals surface area contributed by atoms with Gasteiger partial charge in [0, 0.05) is 20.7 Å². The highest BCUT2D eigenvalue weighted by Gasteiger charge is 2.09. The summed E-state index contributed by atoms with van der Waals surface area (Å²) < 4.78 is 7.19. The third-order valence-corrected chi connectivity index (χ3v) is 3.21. The number of para-hydroxylation sites is 1. The van der Waals surface area contributed by atoms with Gasteiger partial charge in [-0.15, -0.1) is 0 Å². The van der Waals surface area contributed by atoms with E-state index in [4.69, 9.17) is 4.74 Å². The van der Waals surface area contributed by atoms with Crippen molar-refractivity contribution in [2.75, 3.05) is 7.11 Å². The number of aromatic nitrogens is 1. The first-order valence-corrected chi connectivity index (χ1v) is 6.25. The van der Waals surface area contributed by atoms with Gasteiger partial charge >= 0.3 is 0 Å². The van der Waals surface area contributed by atoms with Crippen molar-refractivity contribution in [3.8, 4) is 17.0 Å². The van der Waals surface area contributed by atoms with E-state index in [2.05, 4.69) is 36.8 Å². The lowest BCUT2D eigenvalue weighted by molar-refractivity contribution is 0.416. The third-order valence-electron chi connectivity index (χ3n) is 2.17. The minimum Gasteiger partial charge on any atom is -0.496 e. The number of nitrogens with zero attached hydrogens (tertiary/aromatic N) is 1. The van der Waals surface area contributed by atoms with Gasteiger partial charge in [0.05, 0.1) is 12.8 Å². The lowest BCUT2D eigenvalue weighted by Crippen LogP contribution is -1.90. The molecule has 0 N–H and O–H groups in total. The SMILES string of the molecule is COc1ccccc1-c1ncc(Br)cc1Br. The molecule has 0 aliphatic heterocycles. The van der Waals surface area contributed by atoms with Crippen molar-refractivity contribution in [2.45, 2.75) is 0 Å². The van der Waals surface area contributed by atoms with E-state index in [1.165, 1.54) is 0 Å². The molecule has 82 valence electrons. The van der Waals surface area contributed by atoms with Crippen LogP contribution < -0.4 is 4.74 Å². The fourth-order valence-corrected chi connectivity index (χ4v) is 2.65. The molecule has 2 rings (SSSR count). The maximum atomic E-state index is 5.31. The first kappa shape index (κ1) is 11.6. The van der Waals surface area contributed by atoms with E-state index in [0.29, 0.717) is 0 Å². The van der Waals surface area contributed by atoms with Crippen LogP contribution in [0.2, 0.25) is 0 Å². The third kappa shape index (κ3) is 2.28. The first-order valence-electron chi connectivity index (χ1n) is 4.67. The second-order valence-electron chi connectivity index (χ2n) is 3.18. The summed E-state index contributed by atoms with van der Waals surface area (Å²) in [5.74, 6) is 0.818. The molecule has 2 nitrogen and oxygen atoms in total. The average molecular weight is 343 g/mol. The zero-order valence-electron chi connectivity index (χ0n) is 8.58. The number of methoxy groups -OCH3 is 1. The van der Waals surface area contributed by atoms with Crippen LogP contribution in [-0.4, -0.2) is 12.1 Å². The Morgan fingerprint density at radius 3 is 2.62 bits per heavy atom. The lowest BCUT2D eigenvalue weighted by atomic mass is 10.1. The van der Waals surface area contributed by atoms with Gasteiger partial charge in [-0.05, 0) is 50.1 Å². The molecular weight excluding hydrogens is 334 g/mol. The molecule has 1 heterocycles. The van der Waals surface area contributed by atoms with Crippen molar-refractivity contribution >= 4 is 31.9 Å². The molecule has 0 bridgehead atoms. The second-order valence-corrected chi connectivity index (χ2v) is 4.95. The van der Waals surface area contributed by atoms with Crippen molar-refractivity contribution in [1.29, 1.82) is 0 Å². The van der Waals surface area contributed by atoms with Crippen LogP contribution in [0.3, 0.4) is 0 Å². The number of benzene rings is 1. The van der Waals surface area contributed by atoms with E-state index in [0.717, 1.165) is 26.0 Å². The minimum absolute atomic E-state index is 0.818. The molecule has 0 aliphatic carbocycles. The van der Waals surface area contributed by atoms with Crippen LogP contribution >= 0.6 is 31.9 Å². The van der Waals surface area contributed by atoms with Gasteiger partial charge in [0.2, 0.25) is 0 Å². The van der Waals surface area contributed by atoms with Gasteiger partial charge in [-0.1, -0.05) is 12.1 Å². The van der Waals surface area contributed by atoms with E-state index in [1.807, 2.05) is 30.3 Å². The molecule has 0 spiro atoms. The molecule has 0 saturated carbocycles. The highest BCUT2D eigenvalue weighted by Crippen LogP contribution is 2.34. The Hall–Kier alpha value is -0.870. The summed E-state index contributed by atoms with van der Waals surface area (Å²) in [6.07, 6.45) is 1.77. The second kappa shape index (κ2) is 4.97. The Morgan fingerprint density at radius 2 is 1.94 bits per heavy atom. The van der Waals surface area contributed by atoms with Crippen molar-refractivity contribution < 1.29 is 4.74 Å². The van der Waals surface area contributed by atoms with Crippen LogP contribution in [0.1, 0.15) is 0 Å². The summed E-state index contributed by atoms with van der Waals surface area (Å²) in [5, 5.41) is 0. The topological polar surface area (TPSA) is 22.1 Å². The molecule has 16 heavy (non-hydrogen) atoms. The Bertz CT molecular complexity index is 514. The van der Waals surface area contributed by atoms with Crippen LogP contribution in [0.15, 0.2) is 45.5 Å². The van der Waals surface area contributed by atoms with E-state index < -0.39 is 0 Å². The molecule has 0 radical (unpaired) electrons. The number of halogens is 2. The summed E-state index contributed by atoms with van der Waals surface area (Å²) in [4.78, 5) is 4.38. The first-order chi connectivity index (χ1) is 7.72.